The van der Waals surface area contributed by atoms with Crippen LogP contribution in [0.2, 0.25) is 0 Å². The number of hydrogen-bond acceptors (Lipinski definition) is 0. The van der Waals surface area contributed by atoms with E-state index in [2.05, 4.69) is 100 Å². The van der Waals surface area contributed by atoms with E-state index in [4.69, 9.17) is 0 Å². The van der Waals surface area contributed by atoms with Crippen LogP contribution >= 0.6 is 31.9 Å². The highest BCUT2D eigenvalue weighted by Crippen LogP contribution is 2.51. The van der Waals surface area contributed by atoms with Gasteiger partial charge in [0, 0.05) is 14.9 Å². The Hall–Kier alpha value is -1.12. The van der Waals surface area contributed by atoms with Crippen molar-refractivity contribution in [3.8, 4) is 0 Å². The standard InChI is InChI=1S/C21H18Br2/c1-21(2,14-11-13-5-3-7-20(23)17(13)12-14)18-10-9-16-15(18)6-4-8-19(16)22/h3-10,12,18H,11H2,1-2H3. The third kappa shape index (κ3) is 2.38. The number of benzene rings is 2. The Morgan fingerprint density at radius 2 is 1.65 bits per heavy atom. The topological polar surface area (TPSA) is 0 Å². The van der Waals surface area contributed by atoms with Crippen molar-refractivity contribution in [1.82, 2.24) is 0 Å². The third-order valence-electron chi connectivity index (χ3n) is 5.32. The normalized spacial score (nSPS) is 18.8. The molecule has 1 unspecified atom stereocenters. The fraction of sp³-hybridized carbons (Fsp3) is 0.238. The molecule has 0 amide bonds. The summed E-state index contributed by atoms with van der Waals surface area (Å²) in [7, 11) is 0. The molecule has 23 heavy (non-hydrogen) atoms. The Morgan fingerprint density at radius 1 is 0.957 bits per heavy atom. The molecule has 0 fully saturated rings. The predicted octanol–water partition coefficient (Wildman–Crippen LogP) is 6.99. The van der Waals surface area contributed by atoms with Gasteiger partial charge in [-0.3, -0.25) is 0 Å². The van der Waals surface area contributed by atoms with Crippen LogP contribution in [0.1, 0.15) is 42.0 Å². The molecule has 2 heteroatoms. The maximum Gasteiger partial charge on any atom is 0.0250 e. The van der Waals surface area contributed by atoms with E-state index in [1.807, 2.05) is 0 Å². The number of rotatable bonds is 2. The first kappa shape index (κ1) is 15.4. The Morgan fingerprint density at radius 3 is 2.39 bits per heavy atom. The summed E-state index contributed by atoms with van der Waals surface area (Å²) in [5.41, 5.74) is 7.16. The number of halogens is 2. The van der Waals surface area contributed by atoms with Crippen molar-refractivity contribution in [2.45, 2.75) is 26.2 Å². The summed E-state index contributed by atoms with van der Waals surface area (Å²) in [4.78, 5) is 0. The van der Waals surface area contributed by atoms with Crippen molar-refractivity contribution in [2.24, 2.45) is 5.41 Å². The van der Waals surface area contributed by atoms with Gasteiger partial charge in [-0.2, -0.15) is 0 Å². The summed E-state index contributed by atoms with van der Waals surface area (Å²) in [6.45, 7) is 4.76. The number of hydrogen-bond donors (Lipinski definition) is 0. The lowest BCUT2D eigenvalue weighted by molar-refractivity contribution is 0.397. The molecule has 116 valence electrons. The van der Waals surface area contributed by atoms with Crippen LogP contribution in [0, 0.1) is 5.41 Å². The minimum absolute atomic E-state index is 0.0982. The SMILES string of the molecule is CC(C)(C1=Cc2c(Br)cccc2C1)C1C=Cc2c(Br)cccc21. The van der Waals surface area contributed by atoms with Crippen LogP contribution in [-0.4, -0.2) is 0 Å². The maximum absolute atomic E-state index is 3.70. The minimum Gasteiger partial charge on any atom is -0.0755 e. The van der Waals surface area contributed by atoms with Crippen molar-refractivity contribution in [3.63, 3.8) is 0 Å². The highest BCUT2D eigenvalue weighted by Gasteiger charge is 2.37. The van der Waals surface area contributed by atoms with Gasteiger partial charge < -0.3 is 0 Å². The van der Waals surface area contributed by atoms with Crippen molar-refractivity contribution < 1.29 is 0 Å². The van der Waals surface area contributed by atoms with Crippen LogP contribution in [0.4, 0.5) is 0 Å². The van der Waals surface area contributed by atoms with E-state index < -0.39 is 0 Å². The van der Waals surface area contributed by atoms with Crippen LogP contribution in [0.3, 0.4) is 0 Å². The molecule has 0 aliphatic heterocycles. The van der Waals surface area contributed by atoms with Gasteiger partial charge in [-0.25, -0.2) is 0 Å². The lowest BCUT2D eigenvalue weighted by atomic mass is 9.70. The summed E-state index contributed by atoms with van der Waals surface area (Å²) >= 11 is 7.38. The first-order chi connectivity index (χ1) is 11.0. The van der Waals surface area contributed by atoms with Crippen molar-refractivity contribution in [2.75, 3.05) is 0 Å². The van der Waals surface area contributed by atoms with Crippen LogP contribution in [0.25, 0.3) is 12.2 Å². The Kier molecular flexibility index (Phi) is 3.66. The monoisotopic (exact) mass is 428 g/mol. The molecule has 0 bridgehead atoms. The smallest absolute Gasteiger partial charge is 0.0250 e. The van der Waals surface area contributed by atoms with Gasteiger partial charge in [-0.15, -0.1) is 0 Å². The Labute approximate surface area is 154 Å². The van der Waals surface area contributed by atoms with E-state index in [1.54, 1.807) is 0 Å². The van der Waals surface area contributed by atoms with Crippen LogP contribution in [0.15, 0.2) is 57.0 Å². The average Bonchev–Trinajstić information content (AvgIpc) is 3.12. The molecule has 2 aromatic carbocycles. The lowest BCUT2D eigenvalue weighted by Crippen LogP contribution is -2.22. The van der Waals surface area contributed by atoms with E-state index in [-0.39, 0.29) is 5.41 Å². The molecule has 4 rings (SSSR count). The summed E-state index contributed by atoms with van der Waals surface area (Å²) in [5.74, 6) is 0.425. The van der Waals surface area contributed by atoms with E-state index in [1.165, 1.54) is 36.8 Å². The van der Waals surface area contributed by atoms with Gasteiger partial charge in [0.1, 0.15) is 0 Å². The van der Waals surface area contributed by atoms with Crippen molar-refractivity contribution in [3.05, 3.63) is 79.2 Å². The minimum atomic E-state index is 0.0982. The third-order valence-corrected chi connectivity index (χ3v) is 6.71. The molecule has 2 aliphatic rings. The molecule has 0 nitrogen and oxygen atoms in total. The molecule has 0 N–H and O–H groups in total. The second kappa shape index (κ2) is 5.46. The van der Waals surface area contributed by atoms with E-state index in [0.717, 1.165) is 6.42 Å². The lowest BCUT2D eigenvalue weighted by Gasteiger charge is -2.33. The fourth-order valence-electron chi connectivity index (χ4n) is 3.87. The average molecular weight is 430 g/mol. The second-order valence-electron chi connectivity index (χ2n) is 6.96. The summed E-state index contributed by atoms with van der Waals surface area (Å²) in [5, 5.41) is 0. The molecule has 2 aliphatic carbocycles. The van der Waals surface area contributed by atoms with Crippen LogP contribution < -0.4 is 0 Å². The van der Waals surface area contributed by atoms with Gasteiger partial charge in [0.25, 0.3) is 0 Å². The molecule has 0 saturated carbocycles. The molecule has 0 spiro atoms. The number of fused-ring (bicyclic) bond motifs is 2. The quantitative estimate of drug-likeness (QED) is 0.482. The molecular weight excluding hydrogens is 412 g/mol. The molecule has 0 radical (unpaired) electrons. The molecule has 1 atom stereocenters. The molecule has 2 aromatic rings. The molecule has 0 aromatic heterocycles. The summed E-state index contributed by atoms with van der Waals surface area (Å²) < 4.78 is 2.39. The van der Waals surface area contributed by atoms with Gasteiger partial charge >= 0.3 is 0 Å². The second-order valence-corrected chi connectivity index (χ2v) is 8.67. The van der Waals surface area contributed by atoms with Crippen LogP contribution in [-0.2, 0) is 6.42 Å². The largest absolute Gasteiger partial charge is 0.0755 e. The van der Waals surface area contributed by atoms with Crippen molar-refractivity contribution in [1.29, 1.82) is 0 Å². The fourth-order valence-corrected chi connectivity index (χ4v) is 4.90. The van der Waals surface area contributed by atoms with Gasteiger partial charge in [0.15, 0.2) is 0 Å². The first-order valence-electron chi connectivity index (χ1n) is 7.93. The predicted molar refractivity (Wildman–Crippen MR) is 106 cm³/mol. The van der Waals surface area contributed by atoms with Gasteiger partial charge in [-0.1, -0.05) is 93.8 Å². The molecule has 0 saturated heterocycles. The van der Waals surface area contributed by atoms with Gasteiger partial charge in [0.05, 0.1) is 0 Å². The zero-order valence-electron chi connectivity index (χ0n) is 13.2. The van der Waals surface area contributed by atoms with Gasteiger partial charge in [-0.05, 0) is 46.2 Å². The zero-order valence-corrected chi connectivity index (χ0v) is 16.4. The van der Waals surface area contributed by atoms with E-state index >= 15 is 0 Å². The highest BCUT2D eigenvalue weighted by molar-refractivity contribution is 9.10. The maximum atomic E-state index is 3.70. The number of allylic oxidation sites excluding steroid dienone is 2. The zero-order chi connectivity index (χ0) is 16.2. The Balaban J connectivity index is 1.75. The summed E-state index contributed by atoms with van der Waals surface area (Å²) in [6.07, 6.45) is 8.08. The molecule has 0 heterocycles. The van der Waals surface area contributed by atoms with Gasteiger partial charge in [0.2, 0.25) is 0 Å². The first-order valence-corrected chi connectivity index (χ1v) is 9.52. The van der Waals surface area contributed by atoms with E-state index in [0.29, 0.717) is 5.92 Å². The van der Waals surface area contributed by atoms with Crippen LogP contribution in [0.5, 0.6) is 0 Å². The summed E-state index contributed by atoms with van der Waals surface area (Å²) in [6, 6.07) is 13.1. The van der Waals surface area contributed by atoms with E-state index in [9.17, 15) is 0 Å². The molecular formula is C21H18Br2. The van der Waals surface area contributed by atoms with Crippen molar-refractivity contribution >= 4 is 44.0 Å². The highest BCUT2D eigenvalue weighted by atomic mass is 79.9. The Bertz CT molecular complexity index is 856.